The van der Waals surface area contributed by atoms with Crippen molar-refractivity contribution >= 4 is 40.4 Å². The summed E-state index contributed by atoms with van der Waals surface area (Å²) in [4.78, 5) is 37.3. The standard InChI is InChI=1S/C26H23ClN4O5/c27-19-2-3-21-22(12-19)30-24(29-21)16-1-4-23(28-13-16)31-7-5-15(6-8-31)14-36-20-10-17(25(32)33)9-18(11-20)26(34)35/h1-4,9-13,15H,5-8,14H2,(H,29,30)(H,32,33)(H,34,35). The van der Waals surface area contributed by atoms with Gasteiger partial charge >= 0.3 is 11.9 Å². The molecule has 2 aromatic heterocycles. The average Bonchev–Trinajstić information content (AvgIpc) is 3.31. The SMILES string of the molecule is O=C(O)c1cc(OCC2CCN(c3ccc(-c4nc5cc(Cl)ccc5[nH]4)cn3)CC2)cc(C(=O)O)c1. The molecule has 0 radical (unpaired) electrons. The molecule has 3 N–H and O–H groups in total. The number of nitrogens with one attached hydrogen (secondary N) is 1. The number of rotatable bonds is 7. The highest BCUT2D eigenvalue weighted by Gasteiger charge is 2.21. The largest absolute Gasteiger partial charge is 0.493 e. The molecular formula is C26H23ClN4O5. The number of hydrogen-bond donors (Lipinski definition) is 3. The number of nitrogens with zero attached hydrogens (tertiary/aromatic N) is 3. The molecule has 9 nitrogen and oxygen atoms in total. The zero-order valence-corrected chi connectivity index (χ0v) is 19.9. The van der Waals surface area contributed by atoms with Crippen LogP contribution in [0, 0.1) is 5.92 Å². The van der Waals surface area contributed by atoms with Gasteiger partial charge in [0.1, 0.15) is 17.4 Å². The predicted molar refractivity (Wildman–Crippen MR) is 135 cm³/mol. The van der Waals surface area contributed by atoms with E-state index in [1.54, 1.807) is 6.20 Å². The van der Waals surface area contributed by atoms with Gasteiger partial charge in [0.15, 0.2) is 0 Å². The second-order valence-electron chi connectivity index (χ2n) is 8.75. The van der Waals surface area contributed by atoms with Crippen molar-refractivity contribution in [3.8, 4) is 17.1 Å². The molecule has 0 aliphatic carbocycles. The van der Waals surface area contributed by atoms with E-state index < -0.39 is 11.9 Å². The van der Waals surface area contributed by atoms with Crippen LogP contribution >= 0.6 is 11.6 Å². The molecule has 0 amide bonds. The molecule has 4 aromatic rings. The molecule has 0 saturated carbocycles. The Morgan fingerprint density at radius 3 is 2.39 bits per heavy atom. The van der Waals surface area contributed by atoms with E-state index in [-0.39, 0.29) is 22.8 Å². The summed E-state index contributed by atoms with van der Waals surface area (Å²) in [5.74, 6) is -0.249. The molecule has 0 unspecified atom stereocenters. The monoisotopic (exact) mass is 506 g/mol. The van der Waals surface area contributed by atoms with Gasteiger partial charge in [0.05, 0.1) is 28.8 Å². The van der Waals surface area contributed by atoms with Crippen molar-refractivity contribution in [2.24, 2.45) is 5.92 Å². The summed E-state index contributed by atoms with van der Waals surface area (Å²) in [6.07, 6.45) is 3.55. The summed E-state index contributed by atoms with van der Waals surface area (Å²) >= 11 is 6.05. The van der Waals surface area contributed by atoms with Crippen LogP contribution in [0.2, 0.25) is 5.02 Å². The van der Waals surface area contributed by atoms with Gasteiger partial charge in [-0.15, -0.1) is 0 Å². The molecule has 0 bridgehead atoms. The number of hydrogen-bond acceptors (Lipinski definition) is 6. The average molecular weight is 507 g/mol. The first-order valence-corrected chi connectivity index (χ1v) is 11.8. The Morgan fingerprint density at radius 2 is 1.75 bits per heavy atom. The number of piperidine rings is 1. The van der Waals surface area contributed by atoms with Gasteiger partial charge in [-0.1, -0.05) is 11.6 Å². The van der Waals surface area contributed by atoms with Gasteiger partial charge in [0.25, 0.3) is 0 Å². The van der Waals surface area contributed by atoms with Gasteiger partial charge in [-0.2, -0.15) is 0 Å². The lowest BCUT2D eigenvalue weighted by atomic mass is 9.97. The Hall–Kier alpha value is -4.11. The van der Waals surface area contributed by atoms with Crippen molar-refractivity contribution in [3.63, 3.8) is 0 Å². The summed E-state index contributed by atoms with van der Waals surface area (Å²) in [6.45, 7) is 2.00. The van der Waals surface area contributed by atoms with Gasteiger partial charge in [0.2, 0.25) is 0 Å². The molecule has 5 rings (SSSR count). The highest BCUT2D eigenvalue weighted by Crippen LogP contribution is 2.27. The van der Waals surface area contributed by atoms with Gasteiger partial charge in [-0.25, -0.2) is 19.6 Å². The Bertz CT molecular complexity index is 1400. The summed E-state index contributed by atoms with van der Waals surface area (Å²) in [6, 6.07) is 13.3. The smallest absolute Gasteiger partial charge is 0.335 e. The first-order valence-electron chi connectivity index (χ1n) is 11.5. The van der Waals surface area contributed by atoms with Crippen molar-refractivity contribution in [1.29, 1.82) is 0 Å². The third-order valence-corrected chi connectivity index (χ3v) is 6.53. The summed E-state index contributed by atoms with van der Waals surface area (Å²) in [5.41, 5.74) is 2.39. The van der Waals surface area contributed by atoms with E-state index >= 15 is 0 Å². The van der Waals surface area contributed by atoms with Gasteiger partial charge in [-0.3, -0.25) is 0 Å². The summed E-state index contributed by atoms with van der Waals surface area (Å²) in [7, 11) is 0. The van der Waals surface area contributed by atoms with Gasteiger partial charge < -0.3 is 24.8 Å². The Morgan fingerprint density at radius 1 is 1.03 bits per heavy atom. The number of carbonyl (C=O) groups is 2. The quantitative estimate of drug-likeness (QED) is 0.320. The number of pyridine rings is 1. The molecule has 36 heavy (non-hydrogen) atoms. The molecule has 1 fully saturated rings. The van der Waals surface area contributed by atoms with Crippen molar-refractivity contribution in [2.75, 3.05) is 24.6 Å². The first kappa shape index (κ1) is 23.6. The van der Waals surface area contributed by atoms with Crippen LogP contribution < -0.4 is 9.64 Å². The maximum atomic E-state index is 11.3. The minimum atomic E-state index is -1.19. The lowest BCUT2D eigenvalue weighted by molar-refractivity contribution is 0.0696. The molecule has 1 aliphatic rings. The molecular weight excluding hydrogens is 484 g/mol. The lowest BCUT2D eigenvalue weighted by Gasteiger charge is -2.32. The fraction of sp³-hybridized carbons (Fsp3) is 0.231. The fourth-order valence-electron chi connectivity index (χ4n) is 4.30. The maximum Gasteiger partial charge on any atom is 0.335 e. The van der Waals surface area contributed by atoms with E-state index in [1.165, 1.54) is 12.1 Å². The Balaban J connectivity index is 1.18. The van der Waals surface area contributed by atoms with Crippen LogP contribution in [0.5, 0.6) is 5.75 Å². The third kappa shape index (κ3) is 5.11. The number of benzene rings is 2. The number of aromatic carboxylic acids is 2. The van der Waals surface area contributed by atoms with E-state index in [4.69, 9.17) is 16.3 Å². The van der Waals surface area contributed by atoms with E-state index in [2.05, 4.69) is 19.9 Å². The fourth-order valence-corrected chi connectivity index (χ4v) is 4.47. The topological polar surface area (TPSA) is 129 Å². The number of fused-ring (bicyclic) bond motifs is 1. The number of carboxylic acid groups (broad SMARTS) is 2. The highest BCUT2D eigenvalue weighted by molar-refractivity contribution is 6.31. The number of imidazole rings is 1. The molecule has 0 atom stereocenters. The number of carboxylic acids is 2. The zero-order chi connectivity index (χ0) is 25.2. The number of aromatic nitrogens is 3. The first-order chi connectivity index (χ1) is 17.4. The number of halogens is 1. The van der Waals surface area contributed by atoms with E-state index in [9.17, 15) is 19.8 Å². The molecule has 3 heterocycles. The van der Waals surface area contributed by atoms with E-state index in [0.29, 0.717) is 11.6 Å². The molecule has 0 spiro atoms. The van der Waals surface area contributed by atoms with Crippen LogP contribution in [0.1, 0.15) is 33.6 Å². The van der Waals surface area contributed by atoms with Gasteiger partial charge in [0, 0.05) is 29.9 Å². The summed E-state index contributed by atoms with van der Waals surface area (Å²) in [5, 5.41) is 19.1. The minimum absolute atomic E-state index is 0.110. The van der Waals surface area contributed by atoms with Crippen molar-refractivity contribution in [1.82, 2.24) is 15.0 Å². The van der Waals surface area contributed by atoms with E-state index in [0.717, 1.165) is 60.2 Å². The van der Waals surface area contributed by atoms with Crippen LogP contribution in [0.15, 0.2) is 54.7 Å². The number of aromatic amines is 1. The normalized spacial score (nSPS) is 14.2. The van der Waals surface area contributed by atoms with E-state index in [1.807, 2.05) is 30.3 Å². The second-order valence-corrected chi connectivity index (χ2v) is 9.19. The Kier molecular flexibility index (Phi) is 6.47. The number of ether oxygens (including phenoxy) is 1. The minimum Gasteiger partial charge on any atom is -0.493 e. The highest BCUT2D eigenvalue weighted by atomic mass is 35.5. The van der Waals surface area contributed by atoms with Crippen LogP contribution in [0.3, 0.4) is 0 Å². The zero-order valence-electron chi connectivity index (χ0n) is 19.1. The lowest BCUT2D eigenvalue weighted by Crippen LogP contribution is -2.36. The van der Waals surface area contributed by atoms with Crippen molar-refractivity contribution in [2.45, 2.75) is 12.8 Å². The maximum absolute atomic E-state index is 11.3. The van der Waals surface area contributed by atoms with Crippen molar-refractivity contribution < 1.29 is 24.5 Å². The Labute approximate surface area is 211 Å². The third-order valence-electron chi connectivity index (χ3n) is 6.29. The van der Waals surface area contributed by atoms with Crippen LogP contribution in [0.25, 0.3) is 22.4 Å². The number of anilines is 1. The van der Waals surface area contributed by atoms with Crippen molar-refractivity contribution in [3.05, 3.63) is 70.9 Å². The molecule has 10 heteroatoms. The van der Waals surface area contributed by atoms with Crippen LogP contribution in [0.4, 0.5) is 5.82 Å². The molecule has 184 valence electrons. The second kappa shape index (κ2) is 9.87. The summed E-state index contributed by atoms with van der Waals surface area (Å²) < 4.78 is 5.79. The molecule has 1 saturated heterocycles. The molecule has 1 aliphatic heterocycles. The van der Waals surface area contributed by atoms with Gasteiger partial charge in [-0.05, 0) is 67.3 Å². The van der Waals surface area contributed by atoms with Crippen LogP contribution in [-0.2, 0) is 0 Å². The molecule has 2 aromatic carbocycles. The predicted octanol–water partition coefficient (Wildman–Crippen LogP) is 4.97. The number of H-pyrrole nitrogens is 1. The van der Waals surface area contributed by atoms with Crippen LogP contribution in [-0.4, -0.2) is 56.8 Å².